The fraction of sp³-hybridized carbons (Fsp3) is 0.0769. The van der Waals surface area contributed by atoms with Crippen LogP contribution in [-0.4, -0.2) is 21.0 Å². The van der Waals surface area contributed by atoms with Gasteiger partial charge in [0.2, 0.25) is 0 Å². The van der Waals surface area contributed by atoms with Crippen molar-refractivity contribution >= 4 is 28.8 Å². The molecule has 8 heteroatoms. The minimum atomic E-state index is -0.276. The maximum absolute atomic E-state index is 11.9. The van der Waals surface area contributed by atoms with Crippen molar-refractivity contribution in [2.75, 3.05) is 0 Å². The number of rotatable bonds is 4. The lowest BCUT2D eigenvalue weighted by molar-refractivity contribution is 0.0949. The number of halogens is 1. The van der Waals surface area contributed by atoms with Crippen LogP contribution in [0.2, 0.25) is 5.15 Å². The van der Waals surface area contributed by atoms with Crippen molar-refractivity contribution < 1.29 is 9.32 Å². The molecular weight excluding hydrogens is 312 g/mol. The summed E-state index contributed by atoms with van der Waals surface area (Å²) in [5, 5.41) is 8.77. The molecule has 3 heterocycles. The van der Waals surface area contributed by atoms with Crippen LogP contribution < -0.4 is 5.32 Å². The van der Waals surface area contributed by atoms with Crippen molar-refractivity contribution in [2.45, 2.75) is 6.54 Å². The smallest absolute Gasteiger partial charge is 0.268 e. The van der Waals surface area contributed by atoms with Crippen LogP contribution in [0.4, 0.5) is 0 Å². The maximum Gasteiger partial charge on any atom is 0.268 e. The minimum absolute atomic E-state index is 0.177. The number of aromatic nitrogens is 3. The first-order valence-corrected chi connectivity index (χ1v) is 7.24. The lowest BCUT2D eigenvalue weighted by Gasteiger charge is -2.01. The number of amides is 1. The molecule has 1 N–H and O–H groups in total. The molecule has 0 fully saturated rings. The Morgan fingerprint density at radius 3 is 3.00 bits per heavy atom. The summed E-state index contributed by atoms with van der Waals surface area (Å²) in [5.41, 5.74) is 0.418. The molecule has 0 aliphatic heterocycles. The number of hydrogen-bond acceptors (Lipinski definition) is 6. The van der Waals surface area contributed by atoms with Crippen LogP contribution in [0.25, 0.3) is 10.8 Å². The van der Waals surface area contributed by atoms with Crippen molar-refractivity contribution in [3.63, 3.8) is 0 Å². The second-order valence-corrected chi connectivity index (χ2v) is 5.38. The van der Waals surface area contributed by atoms with Crippen LogP contribution in [-0.2, 0) is 6.54 Å². The summed E-state index contributed by atoms with van der Waals surface area (Å²) in [5.74, 6) is 0.581. The minimum Gasteiger partial charge on any atom is -0.345 e. The molecule has 1 amide bonds. The molecule has 3 aromatic heterocycles. The molecule has 3 aromatic rings. The quantitative estimate of drug-likeness (QED) is 0.748. The molecule has 0 saturated carbocycles. The molecule has 0 aliphatic rings. The maximum atomic E-state index is 11.9. The van der Waals surface area contributed by atoms with Gasteiger partial charge < -0.3 is 9.84 Å². The summed E-state index contributed by atoms with van der Waals surface area (Å²) in [6.45, 7) is 0.177. The van der Waals surface area contributed by atoms with E-state index in [2.05, 4.69) is 20.4 Å². The van der Waals surface area contributed by atoms with Gasteiger partial charge in [0.05, 0.1) is 17.0 Å². The first kappa shape index (κ1) is 13.7. The van der Waals surface area contributed by atoms with Crippen LogP contribution >= 0.6 is 22.9 Å². The SMILES string of the molecule is O=C(NCc1noc(-c2cccs2)n1)c1ccc(Cl)nc1. The van der Waals surface area contributed by atoms with Gasteiger partial charge in [0, 0.05) is 6.20 Å². The van der Waals surface area contributed by atoms with Crippen molar-refractivity contribution in [3.8, 4) is 10.8 Å². The molecule has 0 bridgehead atoms. The zero-order chi connectivity index (χ0) is 14.7. The first-order valence-electron chi connectivity index (χ1n) is 5.98. The van der Waals surface area contributed by atoms with Crippen molar-refractivity contribution in [1.82, 2.24) is 20.4 Å². The van der Waals surface area contributed by atoms with Gasteiger partial charge in [0.25, 0.3) is 11.8 Å². The zero-order valence-corrected chi connectivity index (χ0v) is 12.2. The summed E-state index contributed by atoms with van der Waals surface area (Å²) < 4.78 is 5.13. The molecule has 0 saturated heterocycles. The highest BCUT2D eigenvalue weighted by molar-refractivity contribution is 7.13. The monoisotopic (exact) mass is 320 g/mol. The highest BCUT2D eigenvalue weighted by Gasteiger charge is 2.11. The van der Waals surface area contributed by atoms with Crippen molar-refractivity contribution in [3.05, 3.63) is 52.4 Å². The van der Waals surface area contributed by atoms with E-state index in [0.717, 1.165) is 4.88 Å². The summed E-state index contributed by atoms with van der Waals surface area (Å²) in [6.07, 6.45) is 1.41. The van der Waals surface area contributed by atoms with E-state index in [1.165, 1.54) is 17.5 Å². The Labute approximate surface area is 128 Å². The molecule has 0 aromatic carbocycles. The average Bonchev–Trinajstić information content (AvgIpc) is 3.16. The van der Waals surface area contributed by atoms with E-state index in [4.69, 9.17) is 16.1 Å². The van der Waals surface area contributed by atoms with Gasteiger partial charge in [-0.1, -0.05) is 22.8 Å². The van der Waals surface area contributed by atoms with E-state index in [9.17, 15) is 4.79 Å². The molecule has 0 atom stereocenters. The summed E-state index contributed by atoms with van der Waals surface area (Å²) >= 11 is 7.17. The topological polar surface area (TPSA) is 80.9 Å². The molecular formula is C13H9ClN4O2S. The number of carbonyl (C=O) groups is 1. The third-order valence-electron chi connectivity index (χ3n) is 2.60. The highest BCUT2D eigenvalue weighted by atomic mass is 35.5. The van der Waals surface area contributed by atoms with Crippen LogP contribution in [0.15, 0.2) is 40.4 Å². The fourth-order valence-corrected chi connectivity index (χ4v) is 2.35. The van der Waals surface area contributed by atoms with Crippen molar-refractivity contribution in [2.24, 2.45) is 0 Å². The first-order chi connectivity index (χ1) is 10.2. The molecule has 6 nitrogen and oxygen atoms in total. The molecule has 0 aliphatic carbocycles. The summed E-state index contributed by atoms with van der Waals surface area (Å²) in [4.78, 5) is 20.8. The van der Waals surface area contributed by atoms with Crippen LogP contribution in [0.3, 0.4) is 0 Å². The third kappa shape index (κ3) is 3.26. The molecule has 106 valence electrons. The standard InChI is InChI=1S/C13H9ClN4O2S/c14-10-4-3-8(6-15-10)12(19)16-7-11-17-13(20-18-11)9-2-1-5-21-9/h1-6H,7H2,(H,16,19). The predicted molar refractivity (Wildman–Crippen MR) is 78.0 cm³/mol. The lowest BCUT2D eigenvalue weighted by atomic mass is 10.3. The predicted octanol–water partition coefficient (Wildman–Crippen LogP) is 2.78. The van der Waals surface area contributed by atoms with E-state index in [-0.39, 0.29) is 12.5 Å². The van der Waals surface area contributed by atoms with Gasteiger partial charge in [-0.05, 0) is 23.6 Å². The number of hydrogen-bond donors (Lipinski definition) is 1. The van der Waals surface area contributed by atoms with Gasteiger partial charge in [-0.15, -0.1) is 11.3 Å². The van der Waals surface area contributed by atoms with Gasteiger partial charge in [0.1, 0.15) is 5.15 Å². The molecule has 0 radical (unpaired) electrons. The largest absolute Gasteiger partial charge is 0.345 e. The molecule has 3 rings (SSSR count). The number of carbonyl (C=O) groups excluding carboxylic acids is 1. The Hall–Kier alpha value is -2.25. The fourth-order valence-electron chi connectivity index (χ4n) is 1.60. The Morgan fingerprint density at radius 2 is 2.29 bits per heavy atom. The average molecular weight is 321 g/mol. The second kappa shape index (κ2) is 6.02. The van der Waals surface area contributed by atoms with E-state index in [0.29, 0.717) is 22.4 Å². The van der Waals surface area contributed by atoms with Gasteiger partial charge in [-0.2, -0.15) is 4.98 Å². The summed E-state index contributed by atoms with van der Waals surface area (Å²) in [6, 6.07) is 6.94. The van der Waals surface area contributed by atoms with Crippen LogP contribution in [0.1, 0.15) is 16.2 Å². The van der Waals surface area contributed by atoms with E-state index < -0.39 is 0 Å². The van der Waals surface area contributed by atoms with Gasteiger partial charge in [-0.25, -0.2) is 4.98 Å². The van der Waals surface area contributed by atoms with E-state index in [1.807, 2.05) is 17.5 Å². The number of nitrogens with zero attached hydrogens (tertiary/aromatic N) is 3. The van der Waals surface area contributed by atoms with E-state index >= 15 is 0 Å². The zero-order valence-electron chi connectivity index (χ0n) is 10.6. The molecule has 0 unspecified atom stereocenters. The Morgan fingerprint density at radius 1 is 1.38 bits per heavy atom. The van der Waals surface area contributed by atoms with Gasteiger partial charge in [-0.3, -0.25) is 4.79 Å². The Kier molecular flexibility index (Phi) is 3.94. The van der Waals surface area contributed by atoms with Gasteiger partial charge in [0.15, 0.2) is 5.82 Å². The Bertz CT molecular complexity index is 740. The van der Waals surface area contributed by atoms with Crippen LogP contribution in [0.5, 0.6) is 0 Å². The number of nitrogens with one attached hydrogen (secondary N) is 1. The second-order valence-electron chi connectivity index (χ2n) is 4.05. The summed E-state index contributed by atoms with van der Waals surface area (Å²) in [7, 11) is 0. The highest BCUT2D eigenvalue weighted by Crippen LogP contribution is 2.22. The molecule has 0 spiro atoms. The number of thiophene rings is 1. The lowest BCUT2D eigenvalue weighted by Crippen LogP contribution is -2.23. The van der Waals surface area contributed by atoms with Crippen molar-refractivity contribution in [1.29, 1.82) is 0 Å². The van der Waals surface area contributed by atoms with E-state index in [1.54, 1.807) is 12.1 Å². The number of pyridine rings is 1. The molecule has 21 heavy (non-hydrogen) atoms. The Balaban J connectivity index is 1.62. The normalized spacial score (nSPS) is 10.5. The van der Waals surface area contributed by atoms with Crippen LogP contribution in [0, 0.1) is 0 Å². The van der Waals surface area contributed by atoms with Gasteiger partial charge >= 0.3 is 0 Å². The third-order valence-corrected chi connectivity index (χ3v) is 3.68.